The van der Waals surface area contributed by atoms with E-state index in [4.69, 9.17) is 23.2 Å². The van der Waals surface area contributed by atoms with Gasteiger partial charge in [-0.05, 0) is 37.0 Å². The van der Waals surface area contributed by atoms with Gasteiger partial charge < -0.3 is 5.32 Å². The number of rotatable bonds is 1. The fourth-order valence-corrected chi connectivity index (χ4v) is 2.91. The Hall–Kier alpha value is -0.990. The van der Waals surface area contributed by atoms with Crippen molar-refractivity contribution in [2.45, 2.75) is 19.3 Å². The van der Waals surface area contributed by atoms with Gasteiger partial charge in [-0.25, -0.2) is 0 Å². The van der Waals surface area contributed by atoms with E-state index in [-0.39, 0.29) is 0 Å². The number of hydrogen-bond acceptors (Lipinski definition) is 2. The average Bonchev–Trinajstić information content (AvgIpc) is 2.79. The molecule has 0 radical (unpaired) electrons. The van der Waals surface area contributed by atoms with Gasteiger partial charge in [0, 0.05) is 23.8 Å². The fraction of sp³-hybridized carbons (Fsp3) is 0.308. The number of hydrogen-bond donors (Lipinski definition) is 1. The summed E-state index contributed by atoms with van der Waals surface area (Å²) < 4.78 is 0. The van der Waals surface area contributed by atoms with E-state index in [9.17, 15) is 0 Å². The topological polar surface area (TPSA) is 24.9 Å². The maximum Gasteiger partial charge on any atom is 0.0927 e. The lowest BCUT2D eigenvalue weighted by atomic mass is 10.1. The van der Waals surface area contributed by atoms with Gasteiger partial charge in [0.25, 0.3) is 0 Å². The van der Waals surface area contributed by atoms with Gasteiger partial charge in [-0.2, -0.15) is 0 Å². The highest BCUT2D eigenvalue weighted by Crippen LogP contribution is 2.38. The number of anilines is 1. The van der Waals surface area contributed by atoms with E-state index < -0.39 is 0 Å². The third kappa shape index (κ3) is 1.59. The number of halogens is 2. The lowest BCUT2D eigenvalue weighted by Gasteiger charge is -2.13. The molecule has 0 saturated heterocycles. The summed E-state index contributed by atoms with van der Waals surface area (Å²) in [5.74, 6) is 0. The highest BCUT2D eigenvalue weighted by Gasteiger charge is 2.20. The molecule has 17 heavy (non-hydrogen) atoms. The molecule has 1 aromatic heterocycles. The van der Waals surface area contributed by atoms with E-state index in [0.717, 1.165) is 35.1 Å². The van der Waals surface area contributed by atoms with E-state index in [0.29, 0.717) is 10.0 Å². The fourth-order valence-electron chi connectivity index (χ4n) is 2.55. The van der Waals surface area contributed by atoms with Crippen molar-refractivity contribution >= 4 is 39.8 Å². The summed E-state index contributed by atoms with van der Waals surface area (Å²) in [7, 11) is 1.94. The quantitative estimate of drug-likeness (QED) is 0.842. The summed E-state index contributed by atoms with van der Waals surface area (Å²) in [4.78, 5) is 4.67. The molecular formula is C13H12Cl2N2. The Morgan fingerprint density at radius 1 is 1.24 bits per heavy atom. The molecule has 0 fully saturated rings. The number of aryl methyl sites for hydroxylation is 1. The van der Waals surface area contributed by atoms with Crippen molar-refractivity contribution in [2.24, 2.45) is 0 Å². The van der Waals surface area contributed by atoms with Gasteiger partial charge in [-0.15, -0.1) is 0 Å². The second-order valence-corrected chi connectivity index (χ2v) is 5.06. The summed E-state index contributed by atoms with van der Waals surface area (Å²) in [6.07, 6.45) is 3.29. The van der Waals surface area contributed by atoms with E-state index in [2.05, 4.69) is 10.3 Å². The first-order chi connectivity index (χ1) is 8.22. The molecule has 0 atom stereocenters. The maximum absolute atomic E-state index is 6.23. The molecule has 1 aliphatic carbocycles. The standard InChI is InChI=1S/C13H12Cl2N2/c1-16-12-7-3-2-4-10(7)17-13-8(12)5-6-9(14)11(13)15/h5-6H,2-4H2,1H3,(H,16,17). The molecule has 2 aromatic rings. The number of nitrogens with zero attached hydrogens (tertiary/aromatic N) is 1. The largest absolute Gasteiger partial charge is 0.387 e. The summed E-state index contributed by atoms with van der Waals surface area (Å²) in [6, 6.07) is 3.82. The minimum Gasteiger partial charge on any atom is -0.387 e. The molecule has 1 aromatic carbocycles. The van der Waals surface area contributed by atoms with Gasteiger partial charge in [0.2, 0.25) is 0 Å². The molecule has 1 heterocycles. The highest BCUT2D eigenvalue weighted by atomic mass is 35.5. The first-order valence-corrected chi connectivity index (χ1v) is 6.45. The number of benzene rings is 1. The van der Waals surface area contributed by atoms with Gasteiger partial charge in [0.15, 0.2) is 0 Å². The lowest BCUT2D eigenvalue weighted by molar-refractivity contribution is 0.901. The zero-order valence-electron chi connectivity index (χ0n) is 9.48. The Balaban J connectivity index is 2.44. The minimum absolute atomic E-state index is 0.551. The lowest BCUT2D eigenvalue weighted by Crippen LogP contribution is -1.99. The van der Waals surface area contributed by atoms with E-state index >= 15 is 0 Å². The van der Waals surface area contributed by atoms with Gasteiger partial charge in [-0.1, -0.05) is 23.2 Å². The molecule has 1 aliphatic rings. The average molecular weight is 267 g/mol. The summed E-state index contributed by atoms with van der Waals surface area (Å²) in [5, 5.41) is 5.45. The van der Waals surface area contributed by atoms with Crippen LogP contribution in [-0.4, -0.2) is 12.0 Å². The molecule has 0 unspecified atom stereocenters. The van der Waals surface area contributed by atoms with E-state index in [1.165, 1.54) is 12.0 Å². The van der Waals surface area contributed by atoms with Crippen LogP contribution in [0.25, 0.3) is 10.9 Å². The van der Waals surface area contributed by atoms with Gasteiger partial charge >= 0.3 is 0 Å². The molecule has 0 saturated carbocycles. The molecule has 3 rings (SSSR count). The predicted octanol–water partition coefficient (Wildman–Crippen LogP) is 4.07. The van der Waals surface area contributed by atoms with Crippen molar-refractivity contribution in [3.63, 3.8) is 0 Å². The van der Waals surface area contributed by atoms with Crippen molar-refractivity contribution in [2.75, 3.05) is 12.4 Å². The SMILES string of the molecule is CNc1c2c(nc3c(Cl)c(Cl)ccc13)CCC2. The molecule has 1 N–H and O–H groups in total. The van der Waals surface area contributed by atoms with Crippen LogP contribution in [0.3, 0.4) is 0 Å². The third-order valence-electron chi connectivity index (χ3n) is 3.33. The third-order valence-corrected chi connectivity index (χ3v) is 4.12. The number of pyridine rings is 1. The van der Waals surface area contributed by atoms with Crippen LogP contribution in [0.1, 0.15) is 17.7 Å². The Bertz CT molecular complexity index is 608. The molecule has 2 nitrogen and oxygen atoms in total. The van der Waals surface area contributed by atoms with Crippen LogP contribution in [0.2, 0.25) is 10.0 Å². The van der Waals surface area contributed by atoms with Crippen molar-refractivity contribution in [3.8, 4) is 0 Å². The Morgan fingerprint density at radius 3 is 2.82 bits per heavy atom. The first-order valence-electron chi connectivity index (χ1n) is 5.69. The van der Waals surface area contributed by atoms with Crippen LogP contribution in [0.4, 0.5) is 5.69 Å². The van der Waals surface area contributed by atoms with Crippen LogP contribution in [0, 0.1) is 0 Å². The van der Waals surface area contributed by atoms with Crippen molar-refractivity contribution in [1.82, 2.24) is 4.98 Å². The predicted molar refractivity (Wildman–Crippen MR) is 73.3 cm³/mol. The normalized spacial score (nSPS) is 14.1. The summed E-state index contributed by atoms with van der Waals surface area (Å²) in [5.41, 5.74) is 4.45. The van der Waals surface area contributed by atoms with Crippen LogP contribution in [0.5, 0.6) is 0 Å². The van der Waals surface area contributed by atoms with Crippen molar-refractivity contribution in [1.29, 1.82) is 0 Å². The molecular weight excluding hydrogens is 255 g/mol. The Morgan fingerprint density at radius 2 is 2.06 bits per heavy atom. The number of nitrogens with one attached hydrogen (secondary N) is 1. The second-order valence-electron chi connectivity index (χ2n) is 4.27. The van der Waals surface area contributed by atoms with Crippen LogP contribution in [-0.2, 0) is 12.8 Å². The zero-order valence-corrected chi connectivity index (χ0v) is 11.0. The molecule has 0 aliphatic heterocycles. The second kappa shape index (κ2) is 4.04. The number of aromatic nitrogens is 1. The zero-order chi connectivity index (χ0) is 12.0. The molecule has 4 heteroatoms. The molecule has 88 valence electrons. The Labute approximate surface area is 110 Å². The molecule has 0 bridgehead atoms. The summed E-state index contributed by atoms with van der Waals surface area (Å²) >= 11 is 12.3. The van der Waals surface area contributed by atoms with Crippen LogP contribution >= 0.6 is 23.2 Å². The van der Waals surface area contributed by atoms with Gasteiger partial charge in [0.1, 0.15) is 0 Å². The molecule has 0 amide bonds. The smallest absolute Gasteiger partial charge is 0.0927 e. The first kappa shape index (κ1) is 11.1. The van der Waals surface area contributed by atoms with Gasteiger partial charge in [0.05, 0.1) is 15.6 Å². The van der Waals surface area contributed by atoms with Crippen LogP contribution in [0.15, 0.2) is 12.1 Å². The van der Waals surface area contributed by atoms with Crippen molar-refractivity contribution in [3.05, 3.63) is 33.4 Å². The number of fused-ring (bicyclic) bond motifs is 2. The Kier molecular flexibility index (Phi) is 2.64. The van der Waals surface area contributed by atoms with E-state index in [1.54, 1.807) is 0 Å². The van der Waals surface area contributed by atoms with E-state index in [1.807, 2.05) is 19.2 Å². The highest BCUT2D eigenvalue weighted by molar-refractivity contribution is 6.45. The maximum atomic E-state index is 6.23. The monoisotopic (exact) mass is 266 g/mol. The van der Waals surface area contributed by atoms with Crippen molar-refractivity contribution < 1.29 is 0 Å². The summed E-state index contributed by atoms with van der Waals surface area (Å²) in [6.45, 7) is 0. The minimum atomic E-state index is 0.551. The van der Waals surface area contributed by atoms with Gasteiger partial charge in [-0.3, -0.25) is 4.98 Å². The molecule has 0 spiro atoms. The van der Waals surface area contributed by atoms with Crippen LogP contribution < -0.4 is 5.32 Å².